The fourth-order valence-electron chi connectivity index (χ4n) is 1.98. The zero-order valence-electron chi connectivity index (χ0n) is 12.5. The molecule has 1 aromatic carbocycles. The SMILES string of the molecule is CSc1ncccc1C(=O)NCCNc1ccccc1[N+](=O)[O-]. The Morgan fingerprint density at radius 3 is 2.78 bits per heavy atom. The molecule has 0 bridgehead atoms. The summed E-state index contributed by atoms with van der Waals surface area (Å²) in [6, 6.07) is 9.81. The summed E-state index contributed by atoms with van der Waals surface area (Å²) >= 11 is 1.40. The fourth-order valence-corrected chi connectivity index (χ4v) is 2.52. The zero-order chi connectivity index (χ0) is 16.7. The van der Waals surface area contributed by atoms with Crippen LogP contribution in [0, 0.1) is 10.1 Å². The van der Waals surface area contributed by atoms with Crippen molar-refractivity contribution >= 4 is 29.0 Å². The quantitative estimate of drug-likeness (QED) is 0.350. The normalized spacial score (nSPS) is 10.1. The number of carbonyl (C=O) groups is 1. The van der Waals surface area contributed by atoms with E-state index in [1.807, 2.05) is 6.26 Å². The summed E-state index contributed by atoms with van der Waals surface area (Å²) in [6.07, 6.45) is 3.49. The lowest BCUT2D eigenvalue weighted by molar-refractivity contribution is -0.384. The number of thioether (sulfide) groups is 1. The van der Waals surface area contributed by atoms with Crippen LogP contribution < -0.4 is 10.6 Å². The summed E-state index contributed by atoms with van der Waals surface area (Å²) in [5.41, 5.74) is 0.958. The predicted octanol–water partition coefficient (Wildman–Crippen LogP) is 2.55. The molecule has 0 saturated heterocycles. The molecule has 0 aliphatic carbocycles. The van der Waals surface area contributed by atoms with Gasteiger partial charge >= 0.3 is 0 Å². The summed E-state index contributed by atoms with van der Waals surface area (Å²) in [7, 11) is 0. The number of aromatic nitrogens is 1. The summed E-state index contributed by atoms with van der Waals surface area (Å²) in [5.74, 6) is -0.216. The second-order valence-electron chi connectivity index (χ2n) is 4.52. The highest BCUT2D eigenvalue weighted by Crippen LogP contribution is 2.22. The van der Waals surface area contributed by atoms with Crippen molar-refractivity contribution in [2.75, 3.05) is 24.7 Å². The zero-order valence-corrected chi connectivity index (χ0v) is 13.3. The molecular weight excluding hydrogens is 316 g/mol. The van der Waals surface area contributed by atoms with Gasteiger partial charge in [-0.05, 0) is 24.5 Å². The van der Waals surface area contributed by atoms with Gasteiger partial charge in [0, 0.05) is 25.4 Å². The number of nitrogens with one attached hydrogen (secondary N) is 2. The third-order valence-corrected chi connectivity index (χ3v) is 3.75. The van der Waals surface area contributed by atoms with Gasteiger partial charge in [0.15, 0.2) is 0 Å². The van der Waals surface area contributed by atoms with Gasteiger partial charge in [-0.15, -0.1) is 11.8 Å². The number of hydrogen-bond donors (Lipinski definition) is 2. The van der Waals surface area contributed by atoms with Gasteiger partial charge in [-0.25, -0.2) is 4.98 Å². The Hall–Kier alpha value is -2.61. The Bertz CT molecular complexity index is 709. The smallest absolute Gasteiger partial charge is 0.292 e. The molecule has 1 aromatic heterocycles. The van der Waals surface area contributed by atoms with Gasteiger partial charge < -0.3 is 10.6 Å². The van der Waals surface area contributed by atoms with E-state index >= 15 is 0 Å². The van der Waals surface area contributed by atoms with Crippen LogP contribution in [0.1, 0.15) is 10.4 Å². The van der Waals surface area contributed by atoms with Crippen LogP contribution in [0.4, 0.5) is 11.4 Å². The monoisotopic (exact) mass is 332 g/mol. The minimum absolute atomic E-state index is 0.00996. The van der Waals surface area contributed by atoms with Gasteiger partial charge in [0.05, 0.1) is 10.5 Å². The number of benzene rings is 1. The number of rotatable bonds is 7. The third-order valence-electron chi connectivity index (χ3n) is 3.04. The highest BCUT2D eigenvalue weighted by molar-refractivity contribution is 7.98. The summed E-state index contributed by atoms with van der Waals surface area (Å²) in [6.45, 7) is 0.721. The van der Waals surface area contributed by atoms with Crippen LogP contribution in [0.5, 0.6) is 0 Å². The van der Waals surface area contributed by atoms with Crippen molar-refractivity contribution in [1.82, 2.24) is 10.3 Å². The maximum absolute atomic E-state index is 12.1. The van der Waals surface area contributed by atoms with E-state index < -0.39 is 4.92 Å². The summed E-state index contributed by atoms with van der Waals surface area (Å²) in [5, 5.41) is 17.3. The number of para-hydroxylation sites is 2. The number of carbonyl (C=O) groups excluding carboxylic acids is 1. The van der Waals surface area contributed by atoms with Crippen LogP contribution in [-0.4, -0.2) is 35.2 Å². The van der Waals surface area contributed by atoms with E-state index in [1.54, 1.807) is 36.5 Å². The van der Waals surface area contributed by atoms with Crippen molar-refractivity contribution in [3.8, 4) is 0 Å². The maximum atomic E-state index is 12.1. The van der Waals surface area contributed by atoms with Crippen LogP contribution >= 0.6 is 11.8 Å². The van der Waals surface area contributed by atoms with Gasteiger partial charge in [0.2, 0.25) is 0 Å². The molecule has 2 aromatic rings. The van der Waals surface area contributed by atoms with Crippen LogP contribution in [0.2, 0.25) is 0 Å². The molecule has 0 radical (unpaired) electrons. The van der Waals surface area contributed by atoms with Crippen molar-refractivity contribution in [2.24, 2.45) is 0 Å². The molecule has 8 heteroatoms. The molecule has 1 amide bonds. The van der Waals surface area contributed by atoms with E-state index in [0.717, 1.165) is 0 Å². The first-order chi connectivity index (χ1) is 11.1. The van der Waals surface area contributed by atoms with Crippen molar-refractivity contribution in [3.05, 3.63) is 58.3 Å². The molecule has 0 fully saturated rings. The van der Waals surface area contributed by atoms with E-state index in [0.29, 0.717) is 29.4 Å². The molecule has 120 valence electrons. The predicted molar refractivity (Wildman–Crippen MR) is 89.9 cm³/mol. The average molecular weight is 332 g/mol. The van der Waals surface area contributed by atoms with Crippen LogP contribution in [0.3, 0.4) is 0 Å². The third kappa shape index (κ3) is 4.43. The van der Waals surface area contributed by atoms with Gasteiger partial charge in [-0.3, -0.25) is 14.9 Å². The summed E-state index contributed by atoms with van der Waals surface area (Å²) in [4.78, 5) is 26.7. The lowest BCUT2D eigenvalue weighted by Crippen LogP contribution is -2.29. The number of nitrogens with zero attached hydrogens (tertiary/aromatic N) is 2. The Morgan fingerprint density at radius 1 is 1.26 bits per heavy atom. The first kappa shape index (κ1) is 16.8. The Kier molecular flexibility index (Phi) is 5.93. The van der Waals surface area contributed by atoms with Crippen molar-refractivity contribution in [2.45, 2.75) is 5.03 Å². The minimum atomic E-state index is -0.443. The molecule has 0 saturated carbocycles. The Morgan fingerprint density at radius 2 is 2.04 bits per heavy atom. The van der Waals surface area contributed by atoms with Crippen LogP contribution in [-0.2, 0) is 0 Å². The highest BCUT2D eigenvalue weighted by Gasteiger charge is 2.13. The average Bonchev–Trinajstić information content (AvgIpc) is 2.58. The van der Waals surface area contributed by atoms with Crippen molar-refractivity contribution in [1.29, 1.82) is 0 Å². The second kappa shape index (κ2) is 8.14. The molecule has 0 atom stereocenters. The molecule has 0 unspecified atom stereocenters. The van der Waals surface area contributed by atoms with Gasteiger partial charge in [-0.2, -0.15) is 0 Å². The van der Waals surface area contributed by atoms with Crippen LogP contribution in [0.25, 0.3) is 0 Å². The molecule has 2 N–H and O–H groups in total. The molecule has 7 nitrogen and oxygen atoms in total. The van der Waals surface area contributed by atoms with Crippen LogP contribution in [0.15, 0.2) is 47.6 Å². The molecule has 0 aliphatic heterocycles. The molecule has 0 spiro atoms. The first-order valence-corrected chi connectivity index (χ1v) is 8.10. The first-order valence-electron chi connectivity index (χ1n) is 6.88. The minimum Gasteiger partial charge on any atom is -0.378 e. The van der Waals surface area contributed by atoms with E-state index in [4.69, 9.17) is 0 Å². The number of nitro benzene ring substituents is 1. The second-order valence-corrected chi connectivity index (χ2v) is 5.31. The number of hydrogen-bond acceptors (Lipinski definition) is 6. The van der Waals surface area contributed by atoms with Crippen molar-refractivity contribution < 1.29 is 9.72 Å². The van der Waals surface area contributed by atoms with E-state index in [9.17, 15) is 14.9 Å². The highest BCUT2D eigenvalue weighted by atomic mass is 32.2. The Balaban J connectivity index is 1.88. The largest absolute Gasteiger partial charge is 0.378 e. The Labute approximate surface area is 137 Å². The van der Waals surface area contributed by atoms with Gasteiger partial charge in [0.1, 0.15) is 10.7 Å². The number of nitro groups is 1. The van der Waals surface area contributed by atoms with E-state index in [2.05, 4.69) is 15.6 Å². The molecular formula is C15H16N4O3S. The number of amides is 1. The van der Waals surface area contributed by atoms with Gasteiger partial charge in [0.25, 0.3) is 11.6 Å². The molecule has 0 aliphatic rings. The molecule has 1 heterocycles. The summed E-state index contributed by atoms with van der Waals surface area (Å²) < 4.78 is 0. The molecule has 23 heavy (non-hydrogen) atoms. The fraction of sp³-hybridized carbons (Fsp3) is 0.200. The topological polar surface area (TPSA) is 97.2 Å². The van der Waals surface area contributed by atoms with Gasteiger partial charge in [-0.1, -0.05) is 12.1 Å². The lowest BCUT2D eigenvalue weighted by atomic mass is 10.2. The standard InChI is InChI=1S/C15H16N4O3S/c1-23-15-11(5-4-8-18-15)14(20)17-10-9-16-12-6-2-3-7-13(12)19(21)22/h2-8,16H,9-10H2,1H3,(H,17,20). The molecule has 2 rings (SSSR count). The maximum Gasteiger partial charge on any atom is 0.292 e. The van der Waals surface area contributed by atoms with E-state index in [-0.39, 0.29) is 11.6 Å². The lowest BCUT2D eigenvalue weighted by Gasteiger charge is -2.09. The van der Waals surface area contributed by atoms with Crippen molar-refractivity contribution in [3.63, 3.8) is 0 Å². The number of anilines is 1. The number of pyridine rings is 1. The van der Waals surface area contributed by atoms with E-state index in [1.165, 1.54) is 17.8 Å².